The first kappa shape index (κ1) is 13.6. The zero-order valence-corrected chi connectivity index (χ0v) is 12.2. The van der Waals surface area contributed by atoms with Crippen LogP contribution in [0.25, 0.3) is 0 Å². The van der Waals surface area contributed by atoms with E-state index in [1.165, 1.54) is 24.8 Å². The van der Waals surface area contributed by atoms with Gasteiger partial charge in [-0.3, -0.25) is 4.79 Å². The largest absolute Gasteiger partial charge is 0.353 e. The smallest absolute Gasteiger partial charge is 0.220 e. The molecule has 0 saturated heterocycles. The predicted octanol–water partition coefficient (Wildman–Crippen LogP) is 3.83. The summed E-state index contributed by atoms with van der Waals surface area (Å²) < 4.78 is 1.08. The van der Waals surface area contributed by atoms with Crippen LogP contribution in [0.4, 0.5) is 0 Å². The van der Waals surface area contributed by atoms with Gasteiger partial charge in [0.15, 0.2) is 0 Å². The molecule has 0 heterocycles. The van der Waals surface area contributed by atoms with Crippen molar-refractivity contribution in [2.75, 3.05) is 0 Å². The number of rotatable bonds is 4. The lowest BCUT2D eigenvalue weighted by atomic mass is 9.95. The molecule has 0 spiro atoms. The number of hydrogen-bond acceptors (Lipinski definition) is 1. The van der Waals surface area contributed by atoms with Crippen LogP contribution in [0.1, 0.15) is 44.1 Å². The van der Waals surface area contributed by atoms with Gasteiger partial charge in [-0.25, -0.2) is 0 Å². The minimum absolute atomic E-state index is 0.199. The van der Waals surface area contributed by atoms with Crippen LogP contribution in [-0.2, 0) is 11.2 Å². The summed E-state index contributed by atoms with van der Waals surface area (Å²) in [7, 11) is 0. The van der Waals surface area contributed by atoms with Gasteiger partial charge in [0.05, 0.1) is 0 Å². The number of carbonyl (C=O) groups excluding carboxylic acids is 1. The Bertz CT molecular complexity index is 382. The minimum atomic E-state index is 0.199. The third-order valence-electron chi connectivity index (χ3n) is 3.52. The van der Waals surface area contributed by atoms with Crippen LogP contribution in [0.3, 0.4) is 0 Å². The molecule has 1 aliphatic carbocycles. The minimum Gasteiger partial charge on any atom is -0.353 e. The van der Waals surface area contributed by atoms with Gasteiger partial charge in [0.25, 0.3) is 0 Å². The number of amides is 1. The maximum atomic E-state index is 11.8. The Kier molecular flexibility index (Phi) is 5.24. The molecule has 0 radical (unpaired) electrons. The maximum Gasteiger partial charge on any atom is 0.220 e. The van der Waals surface area contributed by atoms with Crippen molar-refractivity contribution in [3.63, 3.8) is 0 Å². The number of halogens is 1. The normalized spacial score (nSPS) is 16.5. The van der Waals surface area contributed by atoms with Crippen molar-refractivity contribution in [2.24, 2.45) is 0 Å². The monoisotopic (exact) mass is 309 g/mol. The molecule has 0 aromatic heterocycles. The van der Waals surface area contributed by atoms with E-state index in [0.717, 1.165) is 23.7 Å². The molecule has 0 unspecified atom stereocenters. The zero-order valence-electron chi connectivity index (χ0n) is 10.6. The summed E-state index contributed by atoms with van der Waals surface area (Å²) in [6.07, 6.45) is 7.58. The summed E-state index contributed by atoms with van der Waals surface area (Å²) in [6, 6.07) is 8.61. The zero-order chi connectivity index (χ0) is 12.8. The van der Waals surface area contributed by atoms with E-state index in [-0.39, 0.29) is 5.91 Å². The highest BCUT2D eigenvalue weighted by molar-refractivity contribution is 9.10. The third-order valence-corrected chi connectivity index (χ3v) is 4.05. The lowest BCUT2D eigenvalue weighted by Crippen LogP contribution is -2.36. The average molecular weight is 310 g/mol. The SMILES string of the molecule is O=C(CCc1ccc(Br)cc1)NC1CCCCC1. The van der Waals surface area contributed by atoms with E-state index in [2.05, 4.69) is 33.4 Å². The van der Waals surface area contributed by atoms with Crippen LogP contribution in [-0.4, -0.2) is 11.9 Å². The molecule has 1 aromatic carbocycles. The molecule has 1 N–H and O–H groups in total. The van der Waals surface area contributed by atoms with Crippen LogP contribution in [0.2, 0.25) is 0 Å². The summed E-state index contributed by atoms with van der Waals surface area (Å²) in [5.74, 6) is 0.199. The molecular weight excluding hydrogens is 290 g/mol. The average Bonchev–Trinajstić information content (AvgIpc) is 2.39. The Balaban J connectivity index is 1.72. The second-order valence-corrected chi connectivity index (χ2v) is 5.94. The molecule has 0 bridgehead atoms. The molecule has 1 amide bonds. The summed E-state index contributed by atoms with van der Waals surface area (Å²) >= 11 is 3.41. The molecule has 98 valence electrons. The highest BCUT2D eigenvalue weighted by Gasteiger charge is 2.15. The fraction of sp³-hybridized carbons (Fsp3) is 0.533. The summed E-state index contributed by atoms with van der Waals surface area (Å²) in [4.78, 5) is 11.8. The Morgan fingerprint density at radius 3 is 2.50 bits per heavy atom. The van der Waals surface area contributed by atoms with Crippen molar-refractivity contribution in [1.82, 2.24) is 5.32 Å². The standard InChI is InChI=1S/C15H20BrNO/c16-13-9-6-12(7-10-13)8-11-15(18)17-14-4-2-1-3-5-14/h6-7,9-10,14H,1-5,8,11H2,(H,17,18). The lowest BCUT2D eigenvalue weighted by Gasteiger charge is -2.22. The second kappa shape index (κ2) is 6.93. The molecule has 1 aliphatic rings. The van der Waals surface area contributed by atoms with Gasteiger partial charge in [0, 0.05) is 16.9 Å². The summed E-state index contributed by atoms with van der Waals surface area (Å²) in [5.41, 5.74) is 1.22. The van der Waals surface area contributed by atoms with Gasteiger partial charge in [-0.1, -0.05) is 47.3 Å². The Labute approximate surface area is 117 Å². The van der Waals surface area contributed by atoms with Crippen molar-refractivity contribution in [2.45, 2.75) is 51.0 Å². The molecular formula is C15H20BrNO. The van der Waals surface area contributed by atoms with Gasteiger partial charge >= 0.3 is 0 Å². The third kappa shape index (κ3) is 4.45. The van der Waals surface area contributed by atoms with Crippen LogP contribution >= 0.6 is 15.9 Å². The molecule has 18 heavy (non-hydrogen) atoms. The quantitative estimate of drug-likeness (QED) is 0.899. The fourth-order valence-corrected chi connectivity index (χ4v) is 2.72. The van der Waals surface area contributed by atoms with Crippen molar-refractivity contribution in [1.29, 1.82) is 0 Å². The number of hydrogen-bond donors (Lipinski definition) is 1. The van der Waals surface area contributed by atoms with Gasteiger partial charge in [0.1, 0.15) is 0 Å². The predicted molar refractivity (Wildman–Crippen MR) is 77.5 cm³/mol. The molecule has 2 nitrogen and oxygen atoms in total. The van der Waals surface area contributed by atoms with Crippen LogP contribution in [0.5, 0.6) is 0 Å². The molecule has 0 aliphatic heterocycles. The second-order valence-electron chi connectivity index (χ2n) is 5.03. The lowest BCUT2D eigenvalue weighted by molar-refractivity contribution is -0.121. The van der Waals surface area contributed by atoms with Crippen molar-refractivity contribution in [3.05, 3.63) is 34.3 Å². The van der Waals surface area contributed by atoms with Gasteiger partial charge < -0.3 is 5.32 Å². The number of nitrogens with one attached hydrogen (secondary N) is 1. The van der Waals surface area contributed by atoms with Crippen molar-refractivity contribution >= 4 is 21.8 Å². The van der Waals surface area contributed by atoms with E-state index in [0.29, 0.717) is 12.5 Å². The van der Waals surface area contributed by atoms with E-state index in [9.17, 15) is 4.79 Å². The van der Waals surface area contributed by atoms with E-state index in [1.807, 2.05) is 12.1 Å². The number of benzene rings is 1. The summed E-state index contributed by atoms with van der Waals surface area (Å²) in [6.45, 7) is 0. The molecule has 1 fully saturated rings. The Morgan fingerprint density at radius 1 is 1.17 bits per heavy atom. The van der Waals surface area contributed by atoms with E-state index < -0.39 is 0 Å². The first-order valence-corrected chi connectivity index (χ1v) is 7.57. The van der Waals surface area contributed by atoms with E-state index in [4.69, 9.17) is 0 Å². The highest BCUT2D eigenvalue weighted by atomic mass is 79.9. The van der Waals surface area contributed by atoms with Gasteiger partial charge in [0.2, 0.25) is 5.91 Å². The van der Waals surface area contributed by atoms with E-state index in [1.54, 1.807) is 0 Å². The van der Waals surface area contributed by atoms with Gasteiger partial charge in [-0.05, 0) is 37.0 Å². The topological polar surface area (TPSA) is 29.1 Å². The van der Waals surface area contributed by atoms with Crippen molar-refractivity contribution < 1.29 is 4.79 Å². The van der Waals surface area contributed by atoms with Crippen LogP contribution in [0.15, 0.2) is 28.7 Å². The molecule has 2 rings (SSSR count). The van der Waals surface area contributed by atoms with E-state index >= 15 is 0 Å². The number of carbonyl (C=O) groups is 1. The summed E-state index contributed by atoms with van der Waals surface area (Å²) in [5, 5.41) is 3.15. The Hall–Kier alpha value is -0.830. The first-order valence-electron chi connectivity index (χ1n) is 6.78. The van der Waals surface area contributed by atoms with Crippen LogP contribution in [0, 0.1) is 0 Å². The molecule has 1 saturated carbocycles. The number of aryl methyl sites for hydroxylation is 1. The highest BCUT2D eigenvalue weighted by Crippen LogP contribution is 2.17. The first-order chi connectivity index (χ1) is 8.74. The maximum absolute atomic E-state index is 11.8. The fourth-order valence-electron chi connectivity index (χ4n) is 2.46. The van der Waals surface area contributed by atoms with Gasteiger partial charge in [-0.15, -0.1) is 0 Å². The Morgan fingerprint density at radius 2 is 1.83 bits per heavy atom. The van der Waals surface area contributed by atoms with Crippen LogP contribution < -0.4 is 5.32 Å². The molecule has 0 atom stereocenters. The van der Waals surface area contributed by atoms with Crippen molar-refractivity contribution in [3.8, 4) is 0 Å². The van der Waals surface area contributed by atoms with Gasteiger partial charge in [-0.2, -0.15) is 0 Å². The molecule has 1 aromatic rings. The molecule has 3 heteroatoms.